The smallest absolute Gasteiger partial charge is 0.118 e. The molecule has 78 valence electrons. The third-order valence-electron chi connectivity index (χ3n) is 2.09. The maximum atomic E-state index is 9.28. The van der Waals surface area contributed by atoms with Gasteiger partial charge in [0.25, 0.3) is 0 Å². The standard InChI is InChI=1S/C11H17NO2/c1-3-11(13)12-8-9-4-6-10(14-2)7-5-9/h4-7,11-13H,3,8H2,1-2H3/t11-/m1/s1. The van der Waals surface area contributed by atoms with Gasteiger partial charge in [-0.05, 0) is 24.1 Å². The zero-order chi connectivity index (χ0) is 10.4. The van der Waals surface area contributed by atoms with Crippen LogP contribution in [0.15, 0.2) is 24.3 Å². The topological polar surface area (TPSA) is 41.5 Å². The lowest BCUT2D eigenvalue weighted by atomic mass is 10.2. The first-order chi connectivity index (χ1) is 6.76. The Morgan fingerprint density at radius 1 is 1.36 bits per heavy atom. The number of benzene rings is 1. The van der Waals surface area contributed by atoms with Crippen LogP contribution in [0.2, 0.25) is 0 Å². The highest BCUT2D eigenvalue weighted by Crippen LogP contribution is 2.10. The van der Waals surface area contributed by atoms with E-state index in [4.69, 9.17) is 4.74 Å². The minimum Gasteiger partial charge on any atom is -0.497 e. The highest BCUT2D eigenvalue weighted by molar-refractivity contribution is 5.26. The molecule has 0 radical (unpaired) electrons. The van der Waals surface area contributed by atoms with Crippen LogP contribution in [-0.4, -0.2) is 18.4 Å². The third kappa shape index (κ3) is 3.36. The Hall–Kier alpha value is -1.06. The first-order valence-corrected chi connectivity index (χ1v) is 4.80. The van der Waals surface area contributed by atoms with Crippen molar-refractivity contribution in [1.82, 2.24) is 5.32 Å². The van der Waals surface area contributed by atoms with Gasteiger partial charge in [0.05, 0.1) is 7.11 Å². The van der Waals surface area contributed by atoms with Crippen LogP contribution in [0.25, 0.3) is 0 Å². The lowest BCUT2D eigenvalue weighted by molar-refractivity contribution is 0.131. The van der Waals surface area contributed by atoms with Crippen LogP contribution >= 0.6 is 0 Å². The van der Waals surface area contributed by atoms with E-state index in [0.717, 1.165) is 17.7 Å². The summed E-state index contributed by atoms with van der Waals surface area (Å²) in [6.07, 6.45) is 0.299. The summed E-state index contributed by atoms with van der Waals surface area (Å²) >= 11 is 0. The number of ether oxygens (including phenoxy) is 1. The summed E-state index contributed by atoms with van der Waals surface area (Å²) in [5.74, 6) is 0.852. The molecule has 0 amide bonds. The number of aliphatic hydroxyl groups excluding tert-OH is 1. The van der Waals surface area contributed by atoms with Gasteiger partial charge in [0, 0.05) is 6.54 Å². The molecule has 3 nitrogen and oxygen atoms in total. The van der Waals surface area contributed by atoms with Crippen LogP contribution in [-0.2, 0) is 6.54 Å². The van der Waals surface area contributed by atoms with E-state index in [9.17, 15) is 5.11 Å². The first kappa shape index (κ1) is 11.0. The Balaban J connectivity index is 2.43. The normalized spacial score (nSPS) is 12.5. The molecule has 0 aliphatic rings. The van der Waals surface area contributed by atoms with Crippen molar-refractivity contribution < 1.29 is 9.84 Å². The predicted octanol–water partition coefficient (Wildman–Crippen LogP) is 1.51. The highest BCUT2D eigenvalue weighted by Gasteiger charge is 1.99. The van der Waals surface area contributed by atoms with E-state index >= 15 is 0 Å². The lowest BCUT2D eigenvalue weighted by Gasteiger charge is -2.10. The molecule has 3 heteroatoms. The van der Waals surface area contributed by atoms with Gasteiger partial charge in [0.2, 0.25) is 0 Å². The maximum absolute atomic E-state index is 9.28. The van der Waals surface area contributed by atoms with Crippen molar-refractivity contribution in [3.05, 3.63) is 29.8 Å². The second-order valence-corrected chi connectivity index (χ2v) is 3.15. The summed E-state index contributed by atoms with van der Waals surface area (Å²) in [6, 6.07) is 7.78. The second kappa shape index (κ2) is 5.62. The largest absolute Gasteiger partial charge is 0.497 e. The minimum absolute atomic E-state index is 0.419. The van der Waals surface area contributed by atoms with Crippen LogP contribution in [0.3, 0.4) is 0 Å². The Morgan fingerprint density at radius 3 is 2.50 bits per heavy atom. The molecule has 0 unspecified atom stereocenters. The molecule has 0 saturated carbocycles. The van der Waals surface area contributed by atoms with E-state index in [2.05, 4.69) is 5.32 Å². The molecule has 0 aliphatic carbocycles. The monoisotopic (exact) mass is 195 g/mol. The molecule has 0 aliphatic heterocycles. The van der Waals surface area contributed by atoms with Crippen LogP contribution in [0.4, 0.5) is 0 Å². The second-order valence-electron chi connectivity index (χ2n) is 3.15. The van der Waals surface area contributed by atoms with Gasteiger partial charge in [0.1, 0.15) is 12.0 Å². The van der Waals surface area contributed by atoms with Gasteiger partial charge in [-0.3, -0.25) is 5.32 Å². The average Bonchev–Trinajstić information content (AvgIpc) is 2.26. The van der Waals surface area contributed by atoms with E-state index in [1.54, 1.807) is 7.11 Å². The molecule has 2 N–H and O–H groups in total. The molecule has 1 aromatic rings. The number of hydrogen-bond donors (Lipinski definition) is 2. The van der Waals surface area contributed by atoms with Crippen molar-refractivity contribution >= 4 is 0 Å². The van der Waals surface area contributed by atoms with E-state index in [1.165, 1.54) is 0 Å². The maximum Gasteiger partial charge on any atom is 0.118 e. The van der Waals surface area contributed by atoms with Crippen molar-refractivity contribution in [2.45, 2.75) is 26.1 Å². The fraction of sp³-hybridized carbons (Fsp3) is 0.455. The predicted molar refractivity (Wildman–Crippen MR) is 56.1 cm³/mol. The first-order valence-electron chi connectivity index (χ1n) is 4.80. The fourth-order valence-electron chi connectivity index (χ4n) is 1.12. The Kier molecular flexibility index (Phi) is 4.43. The van der Waals surface area contributed by atoms with Crippen LogP contribution < -0.4 is 10.1 Å². The van der Waals surface area contributed by atoms with Gasteiger partial charge in [-0.25, -0.2) is 0 Å². The summed E-state index contributed by atoms with van der Waals surface area (Å²) in [6.45, 7) is 2.62. The summed E-state index contributed by atoms with van der Waals surface area (Å²) in [5.41, 5.74) is 1.14. The zero-order valence-electron chi connectivity index (χ0n) is 8.66. The number of rotatable bonds is 5. The van der Waals surface area contributed by atoms with Crippen molar-refractivity contribution in [1.29, 1.82) is 0 Å². The fourth-order valence-corrected chi connectivity index (χ4v) is 1.12. The number of nitrogens with one attached hydrogen (secondary N) is 1. The zero-order valence-corrected chi connectivity index (χ0v) is 8.66. The van der Waals surface area contributed by atoms with E-state index in [0.29, 0.717) is 6.54 Å². The van der Waals surface area contributed by atoms with Gasteiger partial charge in [-0.15, -0.1) is 0 Å². The Morgan fingerprint density at radius 2 is 2.00 bits per heavy atom. The van der Waals surface area contributed by atoms with Crippen molar-refractivity contribution in [2.75, 3.05) is 7.11 Å². The Labute approximate surface area is 84.7 Å². The molecule has 0 aromatic heterocycles. The summed E-state index contributed by atoms with van der Waals surface area (Å²) in [4.78, 5) is 0. The molecular weight excluding hydrogens is 178 g/mol. The molecule has 0 heterocycles. The van der Waals surface area contributed by atoms with E-state index < -0.39 is 6.23 Å². The van der Waals surface area contributed by atoms with E-state index in [-0.39, 0.29) is 0 Å². The quantitative estimate of drug-likeness (QED) is 0.700. The number of methoxy groups -OCH3 is 1. The van der Waals surface area contributed by atoms with E-state index in [1.807, 2.05) is 31.2 Å². The van der Waals surface area contributed by atoms with Gasteiger partial charge in [-0.2, -0.15) is 0 Å². The van der Waals surface area contributed by atoms with Crippen molar-refractivity contribution in [3.63, 3.8) is 0 Å². The molecule has 0 fully saturated rings. The molecule has 0 saturated heterocycles. The molecular formula is C11H17NO2. The molecule has 0 bridgehead atoms. The molecule has 14 heavy (non-hydrogen) atoms. The lowest BCUT2D eigenvalue weighted by Crippen LogP contribution is -2.27. The Bertz CT molecular complexity index is 258. The molecule has 0 spiro atoms. The summed E-state index contributed by atoms with van der Waals surface area (Å²) in [5, 5.41) is 12.3. The number of aliphatic hydroxyl groups is 1. The van der Waals surface area contributed by atoms with Crippen molar-refractivity contribution in [3.8, 4) is 5.75 Å². The third-order valence-corrected chi connectivity index (χ3v) is 2.09. The van der Waals surface area contributed by atoms with Crippen LogP contribution in [0.1, 0.15) is 18.9 Å². The minimum atomic E-state index is -0.419. The van der Waals surface area contributed by atoms with Gasteiger partial charge < -0.3 is 9.84 Å². The number of hydrogen-bond acceptors (Lipinski definition) is 3. The molecule has 1 atom stereocenters. The summed E-state index contributed by atoms with van der Waals surface area (Å²) in [7, 11) is 1.65. The highest BCUT2D eigenvalue weighted by atomic mass is 16.5. The summed E-state index contributed by atoms with van der Waals surface area (Å²) < 4.78 is 5.05. The van der Waals surface area contributed by atoms with Crippen LogP contribution in [0.5, 0.6) is 5.75 Å². The van der Waals surface area contributed by atoms with Gasteiger partial charge in [0.15, 0.2) is 0 Å². The van der Waals surface area contributed by atoms with Gasteiger partial charge in [-0.1, -0.05) is 19.1 Å². The molecule has 1 rings (SSSR count). The van der Waals surface area contributed by atoms with Crippen molar-refractivity contribution in [2.24, 2.45) is 0 Å². The molecule has 1 aromatic carbocycles. The SMILES string of the molecule is CC[C@@H](O)NCc1ccc(OC)cc1. The van der Waals surface area contributed by atoms with Crippen LogP contribution in [0, 0.1) is 0 Å². The average molecular weight is 195 g/mol. The van der Waals surface area contributed by atoms with Gasteiger partial charge >= 0.3 is 0 Å².